The Kier molecular flexibility index (Phi) is 4.84. The third-order valence-electron chi connectivity index (χ3n) is 3.73. The van der Waals surface area contributed by atoms with E-state index in [0.29, 0.717) is 10.4 Å². The number of hydrogen-bond donors (Lipinski definition) is 2. The number of piperidine rings is 1. The highest BCUT2D eigenvalue weighted by atomic mass is 35.5. The van der Waals surface area contributed by atoms with Crippen LogP contribution in [-0.4, -0.2) is 24.6 Å². The minimum Gasteiger partial charge on any atom is -0.368 e. The monoisotopic (exact) mass is 267 g/mol. The summed E-state index contributed by atoms with van der Waals surface area (Å²) in [6.07, 6.45) is 6.79. The number of anilines is 1. The molecule has 0 aromatic carbocycles. The summed E-state index contributed by atoms with van der Waals surface area (Å²) in [5.74, 6) is 0.806. The largest absolute Gasteiger partial charge is 0.368 e. The summed E-state index contributed by atoms with van der Waals surface area (Å²) in [4.78, 5) is 4.29. The van der Waals surface area contributed by atoms with Gasteiger partial charge in [-0.2, -0.15) is 0 Å². The van der Waals surface area contributed by atoms with Gasteiger partial charge >= 0.3 is 0 Å². The molecule has 2 N–H and O–H groups in total. The molecule has 3 nitrogen and oxygen atoms in total. The molecule has 1 atom stereocenters. The summed E-state index contributed by atoms with van der Waals surface area (Å²) in [5, 5.41) is 7.64. The van der Waals surface area contributed by atoms with Gasteiger partial charge in [0.15, 0.2) is 0 Å². The molecule has 1 unspecified atom stereocenters. The lowest BCUT2D eigenvalue weighted by Gasteiger charge is -2.38. The highest BCUT2D eigenvalue weighted by molar-refractivity contribution is 6.32. The molecule has 0 aliphatic carbocycles. The van der Waals surface area contributed by atoms with Gasteiger partial charge in [0.25, 0.3) is 0 Å². The molecule has 0 saturated carbocycles. The Morgan fingerprint density at radius 1 is 1.56 bits per heavy atom. The molecular weight excluding hydrogens is 246 g/mol. The number of nitrogens with one attached hydrogen (secondary N) is 2. The third kappa shape index (κ3) is 3.36. The molecule has 0 amide bonds. The zero-order valence-corrected chi connectivity index (χ0v) is 11.8. The van der Waals surface area contributed by atoms with Crippen LogP contribution < -0.4 is 10.6 Å². The smallest absolute Gasteiger partial charge is 0.144 e. The summed E-state index contributed by atoms with van der Waals surface area (Å²) in [5.41, 5.74) is 0.355. The molecule has 1 aliphatic heterocycles. The molecule has 2 rings (SSSR count). The first-order valence-electron chi connectivity index (χ1n) is 6.81. The van der Waals surface area contributed by atoms with Gasteiger partial charge in [-0.25, -0.2) is 4.98 Å². The first kappa shape index (κ1) is 13.6. The maximum atomic E-state index is 6.12. The predicted octanol–water partition coefficient (Wildman–Crippen LogP) is 3.32. The van der Waals surface area contributed by atoms with Gasteiger partial charge in [-0.3, -0.25) is 0 Å². The van der Waals surface area contributed by atoms with Crippen LogP contribution in [0.15, 0.2) is 18.3 Å². The third-order valence-corrected chi connectivity index (χ3v) is 4.04. The average molecular weight is 268 g/mol. The maximum Gasteiger partial charge on any atom is 0.144 e. The molecule has 0 bridgehead atoms. The van der Waals surface area contributed by atoms with E-state index in [2.05, 4.69) is 22.5 Å². The van der Waals surface area contributed by atoms with Gasteiger partial charge in [-0.15, -0.1) is 0 Å². The van der Waals surface area contributed by atoms with Crippen LogP contribution in [0.1, 0.15) is 32.6 Å². The van der Waals surface area contributed by atoms with E-state index in [1.165, 1.54) is 25.7 Å². The fourth-order valence-corrected chi connectivity index (χ4v) is 2.99. The van der Waals surface area contributed by atoms with Crippen molar-refractivity contribution in [2.75, 3.05) is 25.0 Å². The molecule has 18 heavy (non-hydrogen) atoms. The highest BCUT2D eigenvalue weighted by Gasteiger charge is 2.31. The normalized spacial score (nSPS) is 23.9. The Balaban J connectivity index is 1.99. The number of aromatic nitrogens is 1. The fraction of sp³-hybridized carbons (Fsp3) is 0.643. The number of halogens is 1. The lowest BCUT2D eigenvalue weighted by atomic mass is 9.77. The van der Waals surface area contributed by atoms with Crippen molar-refractivity contribution >= 4 is 17.4 Å². The van der Waals surface area contributed by atoms with Crippen LogP contribution in [0.2, 0.25) is 5.02 Å². The molecule has 1 aromatic rings. The van der Waals surface area contributed by atoms with Crippen LogP contribution in [0.25, 0.3) is 0 Å². The van der Waals surface area contributed by atoms with Gasteiger partial charge in [-0.1, -0.05) is 24.9 Å². The minimum atomic E-state index is 0.355. The Labute approximate surface area is 114 Å². The van der Waals surface area contributed by atoms with Gasteiger partial charge in [0.2, 0.25) is 0 Å². The SMILES string of the molecule is CCCC1(CNc2ncccc2Cl)CCCNC1. The van der Waals surface area contributed by atoms with Crippen molar-refractivity contribution in [3.8, 4) is 0 Å². The fourth-order valence-electron chi connectivity index (χ4n) is 2.80. The summed E-state index contributed by atoms with van der Waals surface area (Å²) in [6.45, 7) is 5.45. The molecule has 2 heterocycles. The van der Waals surface area contributed by atoms with Gasteiger partial charge in [0, 0.05) is 24.7 Å². The second kappa shape index (κ2) is 6.39. The summed E-state index contributed by atoms with van der Waals surface area (Å²) in [6, 6.07) is 3.74. The van der Waals surface area contributed by atoms with E-state index in [0.717, 1.165) is 25.5 Å². The van der Waals surface area contributed by atoms with E-state index in [1.54, 1.807) is 6.20 Å². The Morgan fingerprint density at radius 2 is 2.44 bits per heavy atom. The van der Waals surface area contributed by atoms with Crippen LogP contribution in [0.5, 0.6) is 0 Å². The molecule has 100 valence electrons. The summed E-state index contributed by atoms with van der Waals surface area (Å²) in [7, 11) is 0. The first-order valence-corrected chi connectivity index (χ1v) is 7.19. The van der Waals surface area contributed by atoms with E-state index in [-0.39, 0.29) is 0 Å². The van der Waals surface area contributed by atoms with E-state index in [9.17, 15) is 0 Å². The van der Waals surface area contributed by atoms with Crippen LogP contribution in [0.3, 0.4) is 0 Å². The van der Waals surface area contributed by atoms with Crippen molar-refractivity contribution in [2.45, 2.75) is 32.6 Å². The number of nitrogens with zero attached hydrogens (tertiary/aromatic N) is 1. The van der Waals surface area contributed by atoms with Gasteiger partial charge < -0.3 is 10.6 Å². The Hall–Kier alpha value is -0.800. The van der Waals surface area contributed by atoms with Crippen molar-refractivity contribution < 1.29 is 0 Å². The van der Waals surface area contributed by atoms with Crippen molar-refractivity contribution in [1.82, 2.24) is 10.3 Å². The first-order chi connectivity index (χ1) is 8.76. The van der Waals surface area contributed by atoms with Crippen LogP contribution in [0.4, 0.5) is 5.82 Å². The molecule has 4 heteroatoms. The zero-order chi connectivity index (χ0) is 12.8. The van der Waals surface area contributed by atoms with Gasteiger partial charge in [-0.05, 0) is 37.9 Å². The molecule has 0 spiro atoms. The summed E-state index contributed by atoms with van der Waals surface area (Å²) >= 11 is 6.12. The zero-order valence-electron chi connectivity index (χ0n) is 11.0. The second-order valence-corrected chi connectivity index (χ2v) is 5.62. The Morgan fingerprint density at radius 3 is 3.11 bits per heavy atom. The van der Waals surface area contributed by atoms with Crippen molar-refractivity contribution in [3.63, 3.8) is 0 Å². The van der Waals surface area contributed by atoms with E-state index in [4.69, 9.17) is 11.6 Å². The molecule has 0 radical (unpaired) electrons. The van der Waals surface area contributed by atoms with Crippen molar-refractivity contribution in [2.24, 2.45) is 5.41 Å². The van der Waals surface area contributed by atoms with Crippen LogP contribution >= 0.6 is 11.6 Å². The van der Waals surface area contributed by atoms with E-state index < -0.39 is 0 Å². The lowest BCUT2D eigenvalue weighted by Crippen LogP contribution is -2.44. The van der Waals surface area contributed by atoms with Crippen molar-refractivity contribution in [1.29, 1.82) is 0 Å². The quantitative estimate of drug-likeness (QED) is 0.859. The number of pyridine rings is 1. The lowest BCUT2D eigenvalue weighted by molar-refractivity contribution is 0.206. The molecule has 1 saturated heterocycles. The van der Waals surface area contributed by atoms with Gasteiger partial charge in [0.1, 0.15) is 5.82 Å². The molecular formula is C14H22ClN3. The number of rotatable bonds is 5. The summed E-state index contributed by atoms with van der Waals surface area (Å²) < 4.78 is 0. The Bertz CT molecular complexity index is 370. The second-order valence-electron chi connectivity index (χ2n) is 5.22. The van der Waals surface area contributed by atoms with Crippen LogP contribution in [-0.2, 0) is 0 Å². The topological polar surface area (TPSA) is 37.0 Å². The highest BCUT2D eigenvalue weighted by Crippen LogP contribution is 2.32. The maximum absolute atomic E-state index is 6.12. The minimum absolute atomic E-state index is 0.355. The predicted molar refractivity (Wildman–Crippen MR) is 77.2 cm³/mol. The molecule has 1 aromatic heterocycles. The van der Waals surface area contributed by atoms with Crippen molar-refractivity contribution in [3.05, 3.63) is 23.4 Å². The average Bonchev–Trinajstić information content (AvgIpc) is 2.39. The van der Waals surface area contributed by atoms with Crippen LogP contribution in [0, 0.1) is 5.41 Å². The standard InChI is InChI=1S/C14H22ClN3/c1-2-6-14(7-4-8-16-10-14)11-18-13-12(15)5-3-9-17-13/h3,5,9,16H,2,4,6-8,10-11H2,1H3,(H,17,18). The van der Waals surface area contributed by atoms with E-state index >= 15 is 0 Å². The molecule has 1 fully saturated rings. The number of hydrogen-bond acceptors (Lipinski definition) is 3. The molecule has 1 aliphatic rings. The van der Waals surface area contributed by atoms with E-state index in [1.807, 2.05) is 12.1 Å². The van der Waals surface area contributed by atoms with Gasteiger partial charge in [0.05, 0.1) is 5.02 Å².